The molecule has 1 rings (SSSR count). The minimum absolute atomic E-state index is 0.312. The quantitative estimate of drug-likeness (QED) is 0.737. The van der Waals surface area contributed by atoms with Crippen molar-refractivity contribution < 1.29 is 24.2 Å². The molecule has 0 saturated carbocycles. The normalized spacial score (nSPS) is 11.6. The van der Waals surface area contributed by atoms with Crippen LogP contribution >= 0.6 is 27.5 Å². The van der Waals surface area contributed by atoms with Crippen LogP contribution in [0.4, 0.5) is 0 Å². The van der Waals surface area contributed by atoms with Crippen molar-refractivity contribution in [1.29, 1.82) is 0 Å². The Balaban J connectivity index is 2.52. The Bertz CT molecular complexity index is 497. The Hall–Kier alpha value is -1.31. The smallest absolute Gasteiger partial charge is 0.330 e. The lowest BCUT2D eigenvalue weighted by Gasteiger charge is -2.14. The Morgan fingerprint density at radius 3 is 2.75 bits per heavy atom. The molecule has 0 aliphatic rings. The SMILES string of the molecule is COC(=O)C(CO)NC(=O)COc1ccc(Cl)cc1Br. The van der Waals surface area contributed by atoms with Gasteiger partial charge in [0.15, 0.2) is 12.6 Å². The first-order valence-electron chi connectivity index (χ1n) is 5.53. The van der Waals surface area contributed by atoms with Gasteiger partial charge in [0, 0.05) is 5.02 Å². The zero-order valence-corrected chi connectivity index (χ0v) is 12.9. The number of benzene rings is 1. The Kier molecular flexibility index (Phi) is 6.77. The topological polar surface area (TPSA) is 84.9 Å². The molecule has 1 aromatic rings. The fourth-order valence-corrected chi connectivity index (χ4v) is 2.09. The van der Waals surface area contributed by atoms with Gasteiger partial charge in [0.1, 0.15) is 5.75 Å². The molecule has 0 saturated heterocycles. The van der Waals surface area contributed by atoms with Crippen LogP contribution in [0.5, 0.6) is 5.75 Å². The molecule has 1 aromatic carbocycles. The van der Waals surface area contributed by atoms with E-state index in [1.54, 1.807) is 18.2 Å². The van der Waals surface area contributed by atoms with Gasteiger partial charge in [-0.25, -0.2) is 4.79 Å². The standard InChI is InChI=1S/C12H13BrClNO5/c1-19-12(18)9(5-16)15-11(17)6-20-10-3-2-7(14)4-8(10)13/h2-4,9,16H,5-6H2,1H3,(H,15,17). The predicted octanol–water partition coefficient (Wildman–Crippen LogP) is 1.13. The number of aliphatic hydroxyl groups is 1. The van der Waals surface area contributed by atoms with Crippen molar-refractivity contribution in [3.8, 4) is 5.75 Å². The van der Waals surface area contributed by atoms with E-state index in [-0.39, 0.29) is 6.61 Å². The molecule has 20 heavy (non-hydrogen) atoms. The Morgan fingerprint density at radius 2 is 2.20 bits per heavy atom. The van der Waals surface area contributed by atoms with Crippen molar-refractivity contribution >= 4 is 39.4 Å². The second-order valence-electron chi connectivity index (χ2n) is 3.69. The molecule has 0 aliphatic carbocycles. The van der Waals surface area contributed by atoms with Gasteiger partial charge in [-0.3, -0.25) is 4.79 Å². The highest BCUT2D eigenvalue weighted by Crippen LogP contribution is 2.27. The summed E-state index contributed by atoms with van der Waals surface area (Å²) in [5, 5.41) is 11.8. The maximum Gasteiger partial charge on any atom is 0.330 e. The van der Waals surface area contributed by atoms with Gasteiger partial charge in [0.05, 0.1) is 18.2 Å². The molecule has 6 nitrogen and oxygen atoms in total. The minimum Gasteiger partial charge on any atom is -0.483 e. The number of halogens is 2. The molecule has 1 atom stereocenters. The summed E-state index contributed by atoms with van der Waals surface area (Å²) in [6.07, 6.45) is 0. The van der Waals surface area contributed by atoms with Crippen LogP contribution in [0.2, 0.25) is 5.02 Å². The number of hydrogen-bond acceptors (Lipinski definition) is 5. The molecule has 0 heterocycles. The summed E-state index contributed by atoms with van der Waals surface area (Å²) >= 11 is 9.02. The molecule has 110 valence electrons. The molecule has 2 N–H and O–H groups in total. The van der Waals surface area contributed by atoms with Crippen LogP contribution < -0.4 is 10.1 Å². The van der Waals surface area contributed by atoms with Gasteiger partial charge in [-0.2, -0.15) is 0 Å². The van der Waals surface area contributed by atoms with E-state index in [4.69, 9.17) is 21.4 Å². The number of esters is 1. The van der Waals surface area contributed by atoms with Crippen LogP contribution in [-0.4, -0.2) is 43.3 Å². The fraction of sp³-hybridized carbons (Fsp3) is 0.333. The third-order valence-electron chi connectivity index (χ3n) is 2.26. The number of aliphatic hydroxyl groups excluding tert-OH is 1. The third-order valence-corrected chi connectivity index (χ3v) is 3.11. The summed E-state index contributed by atoms with van der Waals surface area (Å²) < 4.78 is 10.3. The van der Waals surface area contributed by atoms with E-state index in [1.165, 1.54) is 7.11 Å². The molecule has 0 aliphatic heterocycles. The highest BCUT2D eigenvalue weighted by Gasteiger charge is 2.20. The highest BCUT2D eigenvalue weighted by atomic mass is 79.9. The molecular formula is C12H13BrClNO5. The molecule has 1 unspecified atom stereocenters. The highest BCUT2D eigenvalue weighted by molar-refractivity contribution is 9.10. The van der Waals surface area contributed by atoms with Gasteiger partial charge in [0.25, 0.3) is 5.91 Å². The van der Waals surface area contributed by atoms with Crippen LogP contribution in [0.1, 0.15) is 0 Å². The van der Waals surface area contributed by atoms with Gasteiger partial charge in [-0.15, -0.1) is 0 Å². The van der Waals surface area contributed by atoms with Gasteiger partial charge >= 0.3 is 5.97 Å². The summed E-state index contributed by atoms with van der Waals surface area (Å²) in [6, 6.07) is 3.73. The monoisotopic (exact) mass is 365 g/mol. The van der Waals surface area contributed by atoms with Crippen molar-refractivity contribution in [1.82, 2.24) is 5.32 Å². The molecule has 8 heteroatoms. The van der Waals surface area contributed by atoms with Crippen molar-refractivity contribution in [2.75, 3.05) is 20.3 Å². The van der Waals surface area contributed by atoms with Crippen LogP contribution in [0.25, 0.3) is 0 Å². The average molecular weight is 367 g/mol. The number of methoxy groups -OCH3 is 1. The lowest BCUT2D eigenvalue weighted by atomic mass is 10.3. The van der Waals surface area contributed by atoms with E-state index in [9.17, 15) is 9.59 Å². The molecule has 1 amide bonds. The van der Waals surface area contributed by atoms with Crippen molar-refractivity contribution in [3.63, 3.8) is 0 Å². The first kappa shape index (κ1) is 16.7. The van der Waals surface area contributed by atoms with E-state index in [2.05, 4.69) is 26.0 Å². The van der Waals surface area contributed by atoms with E-state index in [0.717, 1.165) is 0 Å². The van der Waals surface area contributed by atoms with Gasteiger partial charge in [0.2, 0.25) is 0 Å². The maximum atomic E-state index is 11.6. The van der Waals surface area contributed by atoms with Crippen LogP contribution in [0.3, 0.4) is 0 Å². The van der Waals surface area contributed by atoms with Crippen molar-refractivity contribution in [2.24, 2.45) is 0 Å². The lowest BCUT2D eigenvalue weighted by Crippen LogP contribution is -2.45. The molecule has 0 aromatic heterocycles. The number of ether oxygens (including phenoxy) is 2. The minimum atomic E-state index is -1.11. The summed E-state index contributed by atoms with van der Waals surface area (Å²) in [6.45, 7) is -0.864. The molecule has 0 bridgehead atoms. The first-order chi connectivity index (χ1) is 9.47. The number of carbonyl (C=O) groups excluding carboxylic acids is 2. The predicted molar refractivity (Wildman–Crippen MR) is 75.7 cm³/mol. The van der Waals surface area contributed by atoms with Gasteiger partial charge in [-0.05, 0) is 34.1 Å². The van der Waals surface area contributed by atoms with E-state index in [0.29, 0.717) is 15.2 Å². The zero-order valence-electron chi connectivity index (χ0n) is 10.6. The average Bonchev–Trinajstić information content (AvgIpc) is 2.43. The third kappa shape index (κ3) is 4.99. The number of nitrogens with one attached hydrogen (secondary N) is 1. The summed E-state index contributed by atoms with van der Waals surface area (Å²) in [7, 11) is 1.17. The number of amides is 1. The summed E-state index contributed by atoms with van der Waals surface area (Å²) in [4.78, 5) is 22.8. The van der Waals surface area contributed by atoms with E-state index >= 15 is 0 Å². The first-order valence-corrected chi connectivity index (χ1v) is 6.71. The molecule has 0 radical (unpaired) electrons. The van der Waals surface area contributed by atoms with Crippen LogP contribution in [-0.2, 0) is 14.3 Å². The summed E-state index contributed by atoms with van der Waals surface area (Å²) in [5.74, 6) is -0.854. The van der Waals surface area contributed by atoms with E-state index < -0.39 is 24.5 Å². The number of carbonyl (C=O) groups is 2. The van der Waals surface area contributed by atoms with Crippen LogP contribution in [0, 0.1) is 0 Å². The van der Waals surface area contributed by atoms with Gasteiger partial charge in [-0.1, -0.05) is 11.6 Å². The second kappa shape index (κ2) is 8.08. The molecular weight excluding hydrogens is 353 g/mol. The zero-order chi connectivity index (χ0) is 15.1. The second-order valence-corrected chi connectivity index (χ2v) is 4.98. The number of rotatable bonds is 6. The number of hydrogen-bond donors (Lipinski definition) is 2. The van der Waals surface area contributed by atoms with Crippen LogP contribution in [0.15, 0.2) is 22.7 Å². The Morgan fingerprint density at radius 1 is 1.50 bits per heavy atom. The lowest BCUT2D eigenvalue weighted by molar-refractivity contribution is -0.146. The summed E-state index contributed by atoms with van der Waals surface area (Å²) in [5.41, 5.74) is 0. The largest absolute Gasteiger partial charge is 0.483 e. The molecule has 0 spiro atoms. The van der Waals surface area contributed by atoms with Gasteiger partial charge < -0.3 is 19.9 Å². The van der Waals surface area contributed by atoms with Crippen molar-refractivity contribution in [3.05, 3.63) is 27.7 Å². The van der Waals surface area contributed by atoms with E-state index in [1.807, 2.05) is 0 Å². The molecule has 0 fully saturated rings. The van der Waals surface area contributed by atoms with Crippen molar-refractivity contribution in [2.45, 2.75) is 6.04 Å². The Labute approximate surface area is 129 Å². The maximum absolute atomic E-state index is 11.6. The fourth-order valence-electron chi connectivity index (χ4n) is 1.29.